The zero-order chi connectivity index (χ0) is 18.0. The van der Waals surface area contributed by atoms with Gasteiger partial charge in [-0.2, -0.15) is 0 Å². The van der Waals surface area contributed by atoms with Crippen LogP contribution in [0.4, 0.5) is 0 Å². The van der Waals surface area contributed by atoms with Crippen LogP contribution in [0.2, 0.25) is 0 Å². The largest absolute Gasteiger partial charge is 0.629 e. The highest BCUT2D eigenvalue weighted by Crippen LogP contribution is 2.22. The van der Waals surface area contributed by atoms with Crippen molar-refractivity contribution in [1.82, 2.24) is 4.98 Å². The molecule has 2 N–H and O–H groups in total. The molecule has 2 aromatic rings. The van der Waals surface area contributed by atoms with Gasteiger partial charge in [-0.05, 0) is 55.6 Å². The van der Waals surface area contributed by atoms with E-state index in [0.717, 1.165) is 16.6 Å². The Morgan fingerprint density at radius 2 is 2.12 bits per heavy atom. The van der Waals surface area contributed by atoms with Gasteiger partial charge >= 0.3 is 7.12 Å². The molecule has 7 heteroatoms. The lowest BCUT2D eigenvalue weighted by molar-refractivity contribution is -0.845. The lowest BCUT2D eigenvalue weighted by Crippen LogP contribution is -3.10. The second kappa shape index (κ2) is 6.97. The summed E-state index contributed by atoms with van der Waals surface area (Å²) in [7, 11) is -0.857. The molecule has 0 aliphatic carbocycles. The minimum atomic E-state index is -0.857. The van der Waals surface area contributed by atoms with Crippen LogP contribution >= 0.6 is 0 Å². The van der Waals surface area contributed by atoms with Gasteiger partial charge in [0.2, 0.25) is 5.88 Å². The van der Waals surface area contributed by atoms with Crippen LogP contribution in [0.1, 0.15) is 31.9 Å². The summed E-state index contributed by atoms with van der Waals surface area (Å²) in [6, 6.07) is 8.99. The van der Waals surface area contributed by atoms with Crippen LogP contribution in [-0.2, 0) is 11.3 Å². The summed E-state index contributed by atoms with van der Waals surface area (Å²) in [5.74, 6) is 1.09. The Labute approximate surface area is 147 Å². The predicted molar refractivity (Wildman–Crippen MR) is 96.3 cm³/mol. The fourth-order valence-electron chi connectivity index (χ4n) is 2.36. The van der Waals surface area contributed by atoms with Crippen LogP contribution in [0.5, 0.6) is 11.6 Å². The number of hydrogen-bond donors (Lipinski definition) is 2. The van der Waals surface area contributed by atoms with Gasteiger partial charge in [-0.15, -0.1) is 0 Å². The summed E-state index contributed by atoms with van der Waals surface area (Å²) in [5.41, 5.74) is 2.11. The molecule has 130 valence electrons. The Hall–Kier alpha value is -2.19. The normalized spacial score (nSPS) is 15.5. The van der Waals surface area contributed by atoms with E-state index in [2.05, 4.69) is 4.98 Å². The van der Waals surface area contributed by atoms with E-state index in [-0.39, 0.29) is 5.06 Å². The van der Waals surface area contributed by atoms with Gasteiger partial charge in [0.15, 0.2) is 0 Å². The summed E-state index contributed by atoms with van der Waals surface area (Å²) in [6.45, 7) is 6.02. The van der Waals surface area contributed by atoms with E-state index in [9.17, 15) is 10.2 Å². The molecule has 0 saturated carbocycles. The van der Waals surface area contributed by atoms with Crippen molar-refractivity contribution in [3.05, 3.63) is 59.1 Å². The van der Waals surface area contributed by atoms with Crippen molar-refractivity contribution in [2.75, 3.05) is 0 Å². The van der Waals surface area contributed by atoms with E-state index in [0.29, 0.717) is 18.2 Å². The number of rotatable bonds is 4. The number of pyridine rings is 1. The number of nitrogens with zero attached hydrogens (tertiary/aromatic N) is 1. The molecule has 1 aliphatic rings. The third kappa shape index (κ3) is 4.26. The lowest BCUT2D eigenvalue weighted by atomic mass is 9.80. The van der Waals surface area contributed by atoms with Crippen molar-refractivity contribution in [2.24, 2.45) is 0 Å². The molecule has 0 fully saturated rings. The number of fused-ring (bicyclic) bond motifs is 1. The monoisotopic (exact) mass is 340 g/mol. The number of benzene rings is 1. The first kappa shape index (κ1) is 17.6. The van der Waals surface area contributed by atoms with E-state index in [1.807, 2.05) is 32.9 Å². The van der Waals surface area contributed by atoms with Crippen molar-refractivity contribution >= 4 is 18.7 Å². The fourth-order valence-corrected chi connectivity index (χ4v) is 2.36. The summed E-state index contributed by atoms with van der Waals surface area (Å²) >= 11 is 0. The van der Waals surface area contributed by atoms with E-state index in [4.69, 9.17) is 9.39 Å². The van der Waals surface area contributed by atoms with E-state index < -0.39 is 12.7 Å². The molecule has 0 bridgehead atoms. The first-order valence-corrected chi connectivity index (χ1v) is 8.12. The minimum absolute atomic E-state index is 0.0652. The van der Waals surface area contributed by atoms with Gasteiger partial charge in [0, 0.05) is 18.3 Å². The van der Waals surface area contributed by atoms with Crippen LogP contribution < -0.4 is 15.3 Å². The number of ether oxygens (including phenoxy) is 1. The maximum atomic E-state index is 11.9. The highest BCUT2D eigenvalue weighted by molar-refractivity contribution is 6.61. The Bertz CT molecular complexity index is 772. The zero-order valence-electron chi connectivity index (χ0n) is 14.5. The van der Waals surface area contributed by atoms with Crippen LogP contribution in [-0.4, -0.2) is 22.7 Å². The Morgan fingerprint density at radius 1 is 1.32 bits per heavy atom. The maximum Gasteiger partial charge on any atom is 0.491 e. The predicted octanol–water partition coefficient (Wildman–Crippen LogP) is 1.24. The Balaban J connectivity index is 1.66. The molecule has 0 radical (unpaired) electrons. The molecule has 1 unspecified atom stereocenters. The summed E-state index contributed by atoms with van der Waals surface area (Å²) in [5, 5.41) is 21.6. The molecular weight excluding hydrogens is 319 g/mol. The average molecular weight is 340 g/mol. The molecule has 0 spiro atoms. The van der Waals surface area contributed by atoms with E-state index in [1.165, 1.54) is 0 Å². The van der Waals surface area contributed by atoms with Gasteiger partial charge < -0.3 is 24.7 Å². The lowest BCUT2D eigenvalue weighted by Gasteiger charge is -2.31. The molecular formula is C18H21BN2O4. The third-order valence-electron chi connectivity index (χ3n) is 3.93. The van der Waals surface area contributed by atoms with E-state index in [1.54, 1.807) is 36.7 Å². The third-order valence-corrected chi connectivity index (χ3v) is 3.93. The number of hydrogen-bond acceptors (Lipinski definition) is 5. The standard InChI is InChI=1S/C18H21BN2O4/c1-18(2,3)21(23)9-8-13-4-7-17(20-11-13)25-15-5-6-16-14(10-15)12-24-19(16)22/h4-11,21-22H,12H2,1-3H3/b9-8-. The van der Waals surface area contributed by atoms with Crippen LogP contribution in [0.25, 0.3) is 6.08 Å². The van der Waals surface area contributed by atoms with Crippen LogP contribution in [0.15, 0.2) is 42.7 Å². The quantitative estimate of drug-likeness (QED) is 0.647. The fraction of sp³-hybridized carbons (Fsp3) is 0.278. The molecule has 0 saturated heterocycles. The second-order valence-corrected chi connectivity index (χ2v) is 7.00. The smallest absolute Gasteiger partial charge is 0.491 e. The molecule has 2 heterocycles. The molecule has 1 aromatic carbocycles. The van der Waals surface area contributed by atoms with Gasteiger partial charge in [0.25, 0.3) is 0 Å². The Morgan fingerprint density at radius 3 is 2.80 bits per heavy atom. The molecule has 6 nitrogen and oxygen atoms in total. The molecule has 25 heavy (non-hydrogen) atoms. The van der Waals surface area contributed by atoms with Crippen LogP contribution in [0, 0.1) is 5.21 Å². The first-order valence-electron chi connectivity index (χ1n) is 8.12. The molecule has 1 aromatic heterocycles. The molecule has 0 amide bonds. The number of quaternary nitrogens is 1. The van der Waals surface area contributed by atoms with Crippen molar-refractivity contribution < 1.29 is 19.5 Å². The number of hydroxylamine groups is 2. The minimum Gasteiger partial charge on any atom is -0.629 e. The van der Waals surface area contributed by atoms with Gasteiger partial charge in [0.05, 0.1) is 18.3 Å². The highest BCUT2D eigenvalue weighted by atomic mass is 16.5. The second-order valence-electron chi connectivity index (χ2n) is 7.00. The highest BCUT2D eigenvalue weighted by Gasteiger charge is 2.27. The summed E-state index contributed by atoms with van der Waals surface area (Å²) < 4.78 is 10.9. The van der Waals surface area contributed by atoms with Crippen molar-refractivity contribution in [1.29, 1.82) is 0 Å². The van der Waals surface area contributed by atoms with Gasteiger partial charge in [-0.1, -0.05) is 6.07 Å². The van der Waals surface area contributed by atoms with Gasteiger partial charge in [0.1, 0.15) is 5.75 Å². The van der Waals surface area contributed by atoms with Crippen molar-refractivity contribution in [2.45, 2.75) is 32.9 Å². The van der Waals surface area contributed by atoms with E-state index >= 15 is 0 Å². The maximum absolute atomic E-state index is 11.9. The average Bonchev–Trinajstić information content (AvgIpc) is 2.94. The summed E-state index contributed by atoms with van der Waals surface area (Å²) in [6.07, 6.45) is 4.98. The molecule has 3 rings (SSSR count). The van der Waals surface area contributed by atoms with Gasteiger partial charge in [-0.3, -0.25) is 0 Å². The van der Waals surface area contributed by atoms with Crippen LogP contribution in [0.3, 0.4) is 0 Å². The topological polar surface area (TPSA) is 79.1 Å². The molecule has 1 atom stereocenters. The number of aromatic nitrogens is 1. The van der Waals surface area contributed by atoms with Gasteiger partial charge in [-0.25, -0.2) is 4.98 Å². The number of nitrogens with one attached hydrogen (secondary N) is 1. The first-order chi connectivity index (χ1) is 11.8. The zero-order valence-corrected chi connectivity index (χ0v) is 14.5. The van der Waals surface area contributed by atoms with Crippen molar-refractivity contribution in [3.63, 3.8) is 0 Å². The Kier molecular flexibility index (Phi) is 4.92. The summed E-state index contributed by atoms with van der Waals surface area (Å²) in [4.78, 5) is 4.26. The molecule has 1 aliphatic heterocycles. The SMILES string of the molecule is CC(C)(C)[NH+]([O-])/C=C\c1ccc(Oc2ccc3c(c2)COB3O)nc1. The van der Waals surface area contributed by atoms with Crippen molar-refractivity contribution in [3.8, 4) is 11.6 Å².